The summed E-state index contributed by atoms with van der Waals surface area (Å²) in [6.45, 7) is 4.12. The molecule has 0 aliphatic heterocycles. The minimum Gasteiger partial charge on any atom is -0.481 e. The first-order valence-corrected chi connectivity index (χ1v) is 5.47. The number of nitrogens with one attached hydrogen (secondary N) is 1. The van der Waals surface area contributed by atoms with Gasteiger partial charge in [0.15, 0.2) is 0 Å². The van der Waals surface area contributed by atoms with Crippen LogP contribution in [0.2, 0.25) is 0 Å². The highest BCUT2D eigenvalue weighted by Crippen LogP contribution is 2.33. The normalized spacial score (nSPS) is 30.9. The maximum absolute atomic E-state index is 11.4. The largest absolute Gasteiger partial charge is 0.481 e. The highest BCUT2D eigenvalue weighted by atomic mass is 16.4. The second kappa shape index (κ2) is 4.64. The summed E-state index contributed by atoms with van der Waals surface area (Å²) in [6.07, 6.45) is 3.92. The molecule has 1 amide bonds. The van der Waals surface area contributed by atoms with Crippen molar-refractivity contribution in [2.45, 2.75) is 51.5 Å². The molecule has 2 unspecified atom stereocenters. The fourth-order valence-corrected chi connectivity index (χ4v) is 2.19. The summed E-state index contributed by atoms with van der Waals surface area (Å²) in [7, 11) is 0. The number of aliphatic carboxylic acids is 1. The van der Waals surface area contributed by atoms with E-state index in [2.05, 4.69) is 12.2 Å². The predicted molar refractivity (Wildman–Crippen MR) is 56.4 cm³/mol. The maximum Gasteiger partial charge on any atom is 0.312 e. The van der Waals surface area contributed by atoms with Crippen LogP contribution in [0.25, 0.3) is 0 Å². The Kier molecular flexibility index (Phi) is 3.72. The van der Waals surface area contributed by atoms with Gasteiger partial charge in [0.2, 0.25) is 5.91 Å². The van der Waals surface area contributed by atoms with Crippen LogP contribution in [0.15, 0.2) is 0 Å². The SMILES string of the molecule is CC1CCCCC1(C)NC(=O)CC(=O)O. The van der Waals surface area contributed by atoms with Crippen molar-refractivity contribution < 1.29 is 14.7 Å². The van der Waals surface area contributed by atoms with E-state index < -0.39 is 12.4 Å². The molecule has 0 heterocycles. The van der Waals surface area contributed by atoms with Crippen molar-refractivity contribution in [1.29, 1.82) is 0 Å². The molecule has 15 heavy (non-hydrogen) atoms. The second-order valence-corrected chi connectivity index (χ2v) is 4.68. The molecular formula is C11H19NO3. The van der Waals surface area contributed by atoms with E-state index in [-0.39, 0.29) is 11.4 Å². The maximum atomic E-state index is 11.4. The molecule has 4 heteroatoms. The van der Waals surface area contributed by atoms with Crippen molar-refractivity contribution in [3.05, 3.63) is 0 Å². The van der Waals surface area contributed by atoms with Gasteiger partial charge in [0.05, 0.1) is 0 Å². The van der Waals surface area contributed by atoms with Crippen molar-refractivity contribution in [1.82, 2.24) is 5.32 Å². The van der Waals surface area contributed by atoms with Crippen LogP contribution in [0.4, 0.5) is 0 Å². The Morgan fingerprint density at radius 3 is 2.67 bits per heavy atom. The van der Waals surface area contributed by atoms with Gasteiger partial charge >= 0.3 is 5.97 Å². The van der Waals surface area contributed by atoms with Crippen LogP contribution in [0.1, 0.15) is 46.0 Å². The molecule has 1 saturated carbocycles. The first-order valence-electron chi connectivity index (χ1n) is 5.47. The van der Waals surface area contributed by atoms with E-state index in [1.165, 1.54) is 6.42 Å². The van der Waals surface area contributed by atoms with Crippen molar-refractivity contribution >= 4 is 11.9 Å². The number of carbonyl (C=O) groups is 2. The van der Waals surface area contributed by atoms with E-state index in [1.807, 2.05) is 6.92 Å². The molecule has 1 rings (SSSR count). The zero-order valence-electron chi connectivity index (χ0n) is 9.38. The first kappa shape index (κ1) is 12.0. The van der Waals surface area contributed by atoms with Gasteiger partial charge in [-0.3, -0.25) is 9.59 Å². The average Bonchev–Trinajstić information content (AvgIpc) is 2.08. The molecule has 0 aromatic carbocycles. The van der Waals surface area contributed by atoms with Gasteiger partial charge in [0.1, 0.15) is 6.42 Å². The smallest absolute Gasteiger partial charge is 0.312 e. The van der Waals surface area contributed by atoms with Gasteiger partial charge in [0.25, 0.3) is 0 Å². The van der Waals surface area contributed by atoms with Crippen molar-refractivity contribution in [2.75, 3.05) is 0 Å². The fourth-order valence-electron chi connectivity index (χ4n) is 2.19. The molecule has 4 nitrogen and oxygen atoms in total. The Morgan fingerprint density at radius 2 is 2.13 bits per heavy atom. The number of carboxylic acids is 1. The molecule has 1 aliphatic carbocycles. The number of carboxylic acid groups (broad SMARTS) is 1. The van der Waals surface area contributed by atoms with E-state index >= 15 is 0 Å². The third-order valence-electron chi connectivity index (χ3n) is 3.41. The summed E-state index contributed by atoms with van der Waals surface area (Å²) in [5.41, 5.74) is -0.217. The van der Waals surface area contributed by atoms with Crippen LogP contribution in [0, 0.1) is 5.92 Å². The van der Waals surface area contributed by atoms with Gasteiger partial charge in [0, 0.05) is 5.54 Å². The topological polar surface area (TPSA) is 66.4 Å². The average molecular weight is 213 g/mol. The number of carbonyl (C=O) groups excluding carboxylic acids is 1. The third-order valence-corrected chi connectivity index (χ3v) is 3.41. The van der Waals surface area contributed by atoms with Gasteiger partial charge in [-0.05, 0) is 25.7 Å². The lowest BCUT2D eigenvalue weighted by Crippen LogP contribution is -2.52. The Morgan fingerprint density at radius 1 is 1.47 bits per heavy atom. The Bertz CT molecular complexity index is 265. The number of hydrogen-bond acceptors (Lipinski definition) is 2. The van der Waals surface area contributed by atoms with Crippen LogP contribution in [-0.4, -0.2) is 22.5 Å². The van der Waals surface area contributed by atoms with E-state index in [0.29, 0.717) is 5.92 Å². The van der Waals surface area contributed by atoms with Gasteiger partial charge in [-0.2, -0.15) is 0 Å². The Labute approximate surface area is 90.0 Å². The van der Waals surface area contributed by atoms with Crippen LogP contribution in [0.3, 0.4) is 0 Å². The van der Waals surface area contributed by atoms with Crippen molar-refractivity contribution in [3.63, 3.8) is 0 Å². The highest BCUT2D eigenvalue weighted by Gasteiger charge is 2.34. The van der Waals surface area contributed by atoms with E-state index in [0.717, 1.165) is 19.3 Å². The summed E-state index contributed by atoms with van der Waals surface area (Å²) >= 11 is 0. The summed E-state index contributed by atoms with van der Waals surface area (Å²) in [6, 6.07) is 0. The monoisotopic (exact) mass is 213 g/mol. The first-order chi connectivity index (χ1) is 6.94. The van der Waals surface area contributed by atoms with Crippen molar-refractivity contribution in [2.24, 2.45) is 5.92 Å². The Balaban J connectivity index is 2.54. The summed E-state index contributed by atoms with van der Waals surface area (Å²) in [4.78, 5) is 21.8. The molecule has 0 bridgehead atoms. The van der Waals surface area contributed by atoms with E-state index in [1.54, 1.807) is 0 Å². The van der Waals surface area contributed by atoms with Gasteiger partial charge in [-0.25, -0.2) is 0 Å². The van der Waals surface area contributed by atoms with Crippen LogP contribution >= 0.6 is 0 Å². The number of amides is 1. The van der Waals surface area contributed by atoms with Crippen LogP contribution in [0.5, 0.6) is 0 Å². The van der Waals surface area contributed by atoms with Gasteiger partial charge < -0.3 is 10.4 Å². The van der Waals surface area contributed by atoms with Crippen LogP contribution < -0.4 is 5.32 Å². The summed E-state index contributed by atoms with van der Waals surface area (Å²) < 4.78 is 0. The fraction of sp³-hybridized carbons (Fsp3) is 0.818. The highest BCUT2D eigenvalue weighted by molar-refractivity contribution is 5.93. The van der Waals surface area contributed by atoms with Crippen LogP contribution in [-0.2, 0) is 9.59 Å². The molecule has 86 valence electrons. The van der Waals surface area contributed by atoms with Gasteiger partial charge in [-0.1, -0.05) is 19.8 Å². The van der Waals surface area contributed by atoms with Crippen molar-refractivity contribution in [3.8, 4) is 0 Å². The molecule has 2 atom stereocenters. The zero-order chi connectivity index (χ0) is 11.5. The lowest BCUT2D eigenvalue weighted by molar-refractivity contribution is -0.141. The molecule has 0 aromatic heterocycles. The lowest BCUT2D eigenvalue weighted by Gasteiger charge is -2.40. The molecule has 0 saturated heterocycles. The van der Waals surface area contributed by atoms with E-state index in [4.69, 9.17) is 5.11 Å². The molecule has 0 aromatic rings. The third kappa shape index (κ3) is 3.22. The molecule has 1 aliphatic rings. The lowest BCUT2D eigenvalue weighted by atomic mass is 9.75. The molecule has 0 spiro atoms. The zero-order valence-corrected chi connectivity index (χ0v) is 9.38. The summed E-state index contributed by atoms with van der Waals surface area (Å²) in [5, 5.41) is 11.4. The minimum atomic E-state index is -1.07. The number of rotatable bonds is 3. The summed E-state index contributed by atoms with van der Waals surface area (Å²) in [5.74, 6) is -1.03. The second-order valence-electron chi connectivity index (χ2n) is 4.68. The van der Waals surface area contributed by atoms with Gasteiger partial charge in [-0.15, -0.1) is 0 Å². The molecule has 0 radical (unpaired) electrons. The molecule has 2 N–H and O–H groups in total. The van der Waals surface area contributed by atoms with E-state index in [9.17, 15) is 9.59 Å². The minimum absolute atomic E-state index is 0.217. The standard InChI is InChI=1S/C11H19NO3/c1-8-5-3-4-6-11(8,2)12-9(13)7-10(14)15/h8H,3-7H2,1-2H3,(H,12,13)(H,14,15). The molecular weight excluding hydrogens is 194 g/mol. The number of hydrogen-bond donors (Lipinski definition) is 2. The molecule has 1 fully saturated rings. The quantitative estimate of drug-likeness (QED) is 0.699. The predicted octanol–water partition coefficient (Wildman–Crippen LogP) is 1.55. The Hall–Kier alpha value is -1.06.